The highest BCUT2D eigenvalue weighted by Crippen LogP contribution is 2.49. The van der Waals surface area contributed by atoms with E-state index < -0.39 is 39.4 Å². The van der Waals surface area contributed by atoms with Crippen LogP contribution in [0, 0.1) is 0 Å². The van der Waals surface area contributed by atoms with Gasteiger partial charge in [0, 0.05) is 26.7 Å². The van der Waals surface area contributed by atoms with Crippen LogP contribution >= 0.6 is 23.2 Å². The Hall–Kier alpha value is -3.64. The third-order valence-corrected chi connectivity index (χ3v) is 9.27. The van der Waals surface area contributed by atoms with Gasteiger partial charge in [0.1, 0.15) is 16.7 Å². The number of carbonyl (C=O) groups excluding carboxylic acids is 3. The SMILES string of the molecule is CCOC(=O)C(CC)NC(=O)c1ccc(S(=O)(=O)N2C(=O)C(NC)(c3ccccc3Cl)c3cc(Cl)ccc32)c(OC)c1. The number of ether oxygens (including phenoxy) is 2. The molecular formula is C29H29Cl2N3O7S. The highest BCUT2D eigenvalue weighted by molar-refractivity contribution is 7.93. The molecule has 0 radical (unpaired) electrons. The number of nitrogens with one attached hydrogen (secondary N) is 2. The smallest absolute Gasteiger partial charge is 0.328 e. The number of sulfonamides is 1. The van der Waals surface area contributed by atoms with Crippen LogP contribution in [-0.2, 0) is 29.9 Å². The lowest BCUT2D eigenvalue weighted by atomic mass is 9.84. The molecule has 1 aliphatic rings. The molecule has 0 fully saturated rings. The standard InChI is InChI=1S/C29H29Cl2N3O7S/c1-5-22(27(36)41-6-2)33-26(35)17-11-14-25(24(15-17)40-4)42(38,39)34-23-13-12-18(30)16-20(23)29(32-3,28(34)37)19-9-7-8-10-21(19)31/h7-16,22,32H,5-6H2,1-4H3,(H,33,35). The van der Waals surface area contributed by atoms with Crippen molar-refractivity contribution in [2.75, 3.05) is 25.1 Å². The molecule has 10 nitrogen and oxygen atoms in total. The van der Waals surface area contributed by atoms with Crippen LogP contribution in [0.25, 0.3) is 0 Å². The fourth-order valence-corrected chi connectivity index (χ4v) is 6.99. The van der Waals surface area contributed by atoms with Gasteiger partial charge in [-0.05, 0) is 62.9 Å². The van der Waals surface area contributed by atoms with Gasteiger partial charge >= 0.3 is 5.97 Å². The van der Waals surface area contributed by atoms with Gasteiger partial charge in [-0.2, -0.15) is 0 Å². The molecule has 0 saturated carbocycles. The second-order valence-electron chi connectivity index (χ2n) is 9.27. The summed E-state index contributed by atoms with van der Waals surface area (Å²) in [6.07, 6.45) is 0.285. The van der Waals surface area contributed by atoms with Gasteiger partial charge in [-0.3, -0.25) is 14.9 Å². The van der Waals surface area contributed by atoms with Gasteiger partial charge in [-0.1, -0.05) is 48.3 Å². The molecule has 0 aliphatic carbocycles. The van der Waals surface area contributed by atoms with E-state index >= 15 is 0 Å². The molecule has 1 aliphatic heterocycles. The van der Waals surface area contributed by atoms with Crippen LogP contribution < -0.4 is 19.7 Å². The maximum Gasteiger partial charge on any atom is 0.328 e. The summed E-state index contributed by atoms with van der Waals surface area (Å²) in [5.41, 5.74) is -0.942. The van der Waals surface area contributed by atoms with Gasteiger partial charge in [-0.15, -0.1) is 0 Å². The molecule has 0 aromatic heterocycles. The quantitative estimate of drug-likeness (QED) is 0.317. The Kier molecular flexibility index (Phi) is 9.17. The van der Waals surface area contributed by atoms with E-state index in [-0.39, 0.29) is 45.0 Å². The summed E-state index contributed by atoms with van der Waals surface area (Å²) in [6, 6.07) is 13.8. The Bertz CT molecular complexity index is 1660. The monoisotopic (exact) mass is 633 g/mol. The van der Waals surface area contributed by atoms with Gasteiger partial charge in [0.15, 0.2) is 5.54 Å². The largest absolute Gasteiger partial charge is 0.495 e. The van der Waals surface area contributed by atoms with E-state index in [4.69, 9.17) is 32.7 Å². The Morgan fingerprint density at radius 1 is 1.02 bits per heavy atom. The molecule has 42 heavy (non-hydrogen) atoms. The minimum absolute atomic E-state index is 0.0362. The van der Waals surface area contributed by atoms with Crippen molar-refractivity contribution < 1.29 is 32.3 Å². The number of likely N-dealkylation sites (N-methyl/N-ethyl adjacent to an activating group) is 1. The van der Waals surface area contributed by atoms with Crippen molar-refractivity contribution in [3.8, 4) is 5.75 Å². The molecule has 2 atom stereocenters. The Labute approximate surface area is 253 Å². The van der Waals surface area contributed by atoms with Crippen molar-refractivity contribution in [3.05, 3.63) is 87.4 Å². The zero-order valence-corrected chi connectivity index (χ0v) is 25.6. The molecule has 2 unspecified atom stereocenters. The van der Waals surface area contributed by atoms with Crippen LogP contribution in [0.15, 0.2) is 65.6 Å². The van der Waals surface area contributed by atoms with Gasteiger partial charge in [0.25, 0.3) is 21.8 Å². The summed E-state index contributed by atoms with van der Waals surface area (Å²) < 4.78 is 39.5. The van der Waals surface area contributed by atoms with Crippen molar-refractivity contribution in [1.29, 1.82) is 0 Å². The van der Waals surface area contributed by atoms with Crippen LogP contribution in [0.3, 0.4) is 0 Å². The number of benzene rings is 3. The van der Waals surface area contributed by atoms with Gasteiger partial charge in [0.2, 0.25) is 0 Å². The Balaban J connectivity index is 1.81. The number of carbonyl (C=O) groups is 3. The van der Waals surface area contributed by atoms with E-state index in [1.54, 1.807) is 38.1 Å². The van der Waals surface area contributed by atoms with E-state index in [1.165, 1.54) is 50.6 Å². The molecule has 0 spiro atoms. The molecule has 3 aromatic rings. The average molecular weight is 635 g/mol. The summed E-state index contributed by atoms with van der Waals surface area (Å²) in [6.45, 7) is 3.52. The highest BCUT2D eigenvalue weighted by Gasteiger charge is 2.56. The Morgan fingerprint density at radius 2 is 1.74 bits per heavy atom. The molecule has 0 bridgehead atoms. The number of anilines is 1. The second-order valence-corrected chi connectivity index (χ2v) is 11.9. The molecule has 222 valence electrons. The first-order chi connectivity index (χ1) is 20.0. The number of nitrogens with zero attached hydrogens (tertiary/aromatic N) is 1. The normalized spacial score (nSPS) is 17.0. The lowest BCUT2D eigenvalue weighted by molar-refractivity contribution is -0.145. The first kappa shape index (κ1) is 31.3. The van der Waals surface area contributed by atoms with Gasteiger partial charge in [0.05, 0.1) is 19.4 Å². The number of hydrogen-bond acceptors (Lipinski definition) is 8. The first-order valence-electron chi connectivity index (χ1n) is 13.0. The molecule has 3 aromatic carbocycles. The summed E-state index contributed by atoms with van der Waals surface area (Å²) in [5.74, 6) is -2.24. The number of hydrogen-bond donors (Lipinski definition) is 2. The van der Waals surface area contributed by atoms with E-state index in [1.807, 2.05) is 0 Å². The van der Waals surface area contributed by atoms with E-state index in [0.29, 0.717) is 15.4 Å². The van der Waals surface area contributed by atoms with Gasteiger partial charge < -0.3 is 14.8 Å². The molecule has 2 amide bonds. The number of fused-ring (bicyclic) bond motifs is 1. The van der Waals surface area contributed by atoms with Crippen molar-refractivity contribution in [1.82, 2.24) is 10.6 Å². The summed E-state index contributed by atoms with van der Waals surface area (Å²) >= 11 is 12.8. The minimum Gasteiger partial charge on any atom is -0.495 e. The van der Waals surface area contributed by atoms with Crippen molar-refractivity contribution in [2.45, 2.75) is 36.7 Å². The third-order valence-electron chi connectivity index (χ3n) is 6.97. The Morgan fingerprint density at radius 3 is 2.36 bits per heavy atom. The number of rotatable bonds is 10. The molecule has 13 heteroatoms. The lowest BCUT2D eigenvalue weighted by Gasteiger charge is -2.29. The van der Waals surface area contributed by atoms with Crippen LogP contribution in [0.5, 0.6) is 5.75 Å². The second kappa shape index (κ2) is 12.3. The zero-order valence-electron chi connectivity index (χ0n) is 23.2. The van der Waals surface area contributed by atoms with Crippen molar-refractivity contribution >= 4 is 56.7 Å². The topological polar surface area (TPSA) is 131 Å². The van der Waals surface area contributed by atoms with E-state index in [0.717, 1.165) is 0 Å². The van der Waals surface area contributed by atoms with Crippen molar-refractivity contribution in [3.63, 3.8) is 0 Å². The van der Waals surface area contributed by atoms with Crippen LogP contribution in [0.4, 0.5) is 5.69 Å². The highest BCUT2D eigenvalue weighted by atomic mass is 35.5. The average Bonchev–Trinajstić information content (AvgIpc) is 3.23. The molecule has 0 saturated heterocycles. The van der Waals surface area contributed by atoms with Crippen molar-refractivity contribution in [2.24, 2.45) is 0 Å². The van der Waals surface area contributed by atoms with Gasteiger partial charge in [-0.25, -0.2) is 17.5 Å². The molecule has 2 N–H and O–H groups in total. The number of methoxy groups -OCH3 is 1. The maximum atomic E-state index is 14.3. The minimum atomic E-state index is -4.62. The fraction of sp³-hybridized carbons (Fsp3) is 0.276. The first-order valence-corrected chi connectivity index (χ1v) is 15.2. The maximum absolute atomic E-state index is 14.3. The lowest BCUT2D eigenvalue weighted by Crippen LogP contribution is -2.51. The summed E-state index contributed by atoms with van der Waals surface area (Å²) in [5, 5.41) is 6.11. The molecule has 4 rings (SSSR count). The fourth-order valence-electron chi connectivity index (χ4n) is 4.94. The van der Waals surface area contributed by atoms with Crippen LogP contribution in [0.2, 0.25) is 10.0 Å². The predicted molar refractivity (Wildman–Crippen MR) is 159 cm³/mol. The number of halogens is 2. The van der Waals surface area contributed by atoms with Crippen LogP contribution in [0.1, 0.15) is 41.8 Å². The predicted octanol–water partition coefficient (Wildman–Crippen LogP) is 4.27. The zero-order chi connectivity index (χ0) is 30.8. The van der Waals surface area contributed by atoms with E-state index in [2.05, 4.69) is 10.6 Å². The molecular weight excluding hydrogens is 605 g/mol. The molecule has 1 heterocycles. The van der Waals surface area contributed by atoms with Crippen LogP contribution in [-0.4, -0.2) is 53.0 Å². The number of amides is 2. The van der Waals surface area contributed by atoms with E-state index in [9.17, 15) is 22.8 Å². The number of esters is 1. The summed E-state index contributed by atoms with van der Waals surface area (Å²) in [7, 11) is -1.86. The summed E-state index contributed by atoms with van der Waals surface area (Å²) in [4.78, 5) is 39.0. The third kappa shape index (κ3) is 5.22.